The number of nitrogens with zero attached hydrogens (tertiary/aromatic N) is 2. The number of imide groups is 1. The second-order valence-electron chi connectivity index (χ2n) is 5.52. The standard InChI is InChI=1S/C18H19ClN4O4/c1-11-14(16(19)23(22-11)13-7-5-4-6-8-13)9-10-15(24)27-12(2)17(25)21-18(26)20-3/h4-10,12H,1-3H3,(H2,20,21,25,26)/b10-9+/t12-/m1/s1. The molecule has 0 aliphatic rings. The molecule has 2 N–H and O–H groups in total. The highest BCUT2D eigenvalue weighted by molar-refractivity contribution is 6.31. The second-order valence-corrected chi connectivity index (χ2v) is 5.88. The molecular weight excluding hydrogens is 372 g/mol. The number of amides is 3. The minimum absolute atomic E-state index is 0.341. The highest BCUT2D eigenvalue weighted by Crippen LogP contribution is 2.24. The molecule has 1 aromatic carbocycles. The fourth-order valence-corrected chi connectivity index (χ4v) is 2.47. The number of halogens is 1. The molecular formula is C18H19ClN4O4. The lowest BCUT2D eigenvalue weighted by Gasteiger charge is -2.11. The number of esters is 1. The van der Waals surface area contributed by atoms with Gasteiger partial charge in [0.1, 0.15) is 5.15 Å². The molecule has 27 heavy (non-hydrogen) atoms. The van der Waals surface area contributed by atoms with Gasteiger partial charge in [0.05, 0.1) is 11.4 Å². The maximum atomic E-state index is 11.9. The third-order valence-electron chi connectivity index (χ3n) is 3.56. The number of hydrogen-bond acceptors (Lipinski definition) is 5. The van der Waals surface area contributed by atoms with Crippen LogP contribution in [0.3, 0.4) is 0 Å². The van der Waals surface area contributed by atoms with Crippen LogP contribution < -0.4 is 10.6 Å². The minimum Gasteiger partial charge on any atom is -0.449 e. The summed E-state index contributed by atoms with van der Waals surface area (Å²) in [6, 6.07) is 8.63. The van der Waals surface area contributed by atoms with Crippen LogP contribution in [0, 0.1) is 6.92 Å². The van der Waals surface area contributed by atoms with Crippen molar-refractivity contribution in [2.24, 2.45) is 0 Å². The molecule has 2 rings (SSSR count). The lowest BCUT2D eigenvalue weighted by molar-refractivity contribution is -0.149. The monoisotopic (exact) mass is 390 g/mol. The topological polar surface area (TPSA) is 102 Å². The third kappa shape index (κ3) is 5.18. The van der Waals surface area contributed by atoms with Crippen molar-refractivity contribution in [2.75, 3.05) is 7.05 Å². The Bertz CT molecular complexity index is 877. The molecule has 142 valence electrons. The van der Waals surface area contributed by atoms with Crippen LogP contribution >= 0.6 is 11.6 Å². The Balaban J connectivity index is 2.07. The summed E-state index contributed by atoms with van der Waals surface area (Å²) in [5.74, 6) is -1.49. The second kappa shape index (κ2) is 9.00. The number of nitrogens with one attached hydrogen (secondary N) is 2. The molecule has 1 aromatic heterocycles. The Labute approximate surface area is 161 Å². The summed E-state index contributed by atoms with van der Waals surface area (Å²) in [4.78, 5) is 34.7. The summed E-state index contributed by atoms with van der Waals surface area (Å²) in [7, 11) is 1.36. The Hall–Kier alpha value is -3.13. The van der Waals surface area contributed by atoms with Crippen LogP contribution in [0.15, 0.2) is 36.4 Å². The molecule has 2 aromatic rings. The fourth-order valence-electron chi connectivity index (χ4n) is 2.14. The average molecular weight is 391 g/mol. The predicted molar refractivity (Wildman–Crippen MR) is 100 cm³/mol. The van der Waals surface area contributed by atoms with E-state index in [4.69, 9.17) is 16.3 Å². The van der Waals surface area contributed by atoms with E-state index in [1.54, 1.807) is 11.6 Å². The van der Waals surface area contributed by atoms with Gasteiger partial charge in [-0.3, -0.25) is 10.1 Å². The van der Waals surface area contributed by atoms with Crippen LogP contribution in [0.25, 0.3) is 11.8 Å². The van der Waals surface area contributed by atoms with Gasteiger partial charge in [0.25, 0.3) is 5.91 Å². The maximum absolute atomic E-state index is 11.9. The van der Waals surface area contributed by atoms with Gasteiger partial charge in [-0.2, -0.15) is 5.10 Å². The molecule has 8 nitrogen and oxygen atoms in total. The summed E-state index contributed by atoms with van der Waals surface area (Å²) in [5, 5.41) is 8.96. The summed E-state index contributed by atoms with van der Waals surface area (Å²) >= 11 is 6.37. The first-order valence-electron chi connectivity index (χ1n) is 8.05. The van der Waals surface area contributed by atoms with E-state index in [0.717, 1.165) is 11.8 Å². The number of rotatable bonds is 5. The van der Waals surface area contributed by atoms with Gasteiger partial charge < -0.3 is 10.1 Å². The highest BCUT2D eigenvalue weighted by Gasteiger charge is 2.19. The van der Waals surface area contributed by atoms with Gasteiger partial charge in [-0.1, -0.05) is 29.8 Å². The summed E-state index contributed by atoms with van der Waals surface area (Å²) < 4.78 is 6.52. The number of para-hydroxylation sites is 1. The molecule has 0 radical (unpaired) electrons. The largest absolute Gasteiger partial charge is 0.449 e. The van der Waals surface area contributed by atoms with Crippen molar-refractivity contribution in [3.63, 3.8) is 0 Å². The first-order chi connectivity index (χ1) is 12.8. The average Bonchev–Trinajstić information content (AvgIpc) is 2.94. The van der Waals surface area contributed by atoms with Crippen LogP contribution in [0.2, 0.25) is 5.15 Å². The molecule has 0 aliphatic heterocycles. The number of carbonyl (C=O) groups excluding carboxylic acids is 3. The SMILES string of the molecule is CNC(=O)NC(=O)[C@@H](C)OC(=O)/C=C/c1c(C)nn(-c2ccccc2)c1Cl. The lowest BCUT2D eigenvalue weighted by Crippen LogP contribution is -2.43. The van der Waals surface area contributed by atoms with Crippen molar-refractivity contribution >= 4 is 35.6 Å². The number of carbonyl (C=O) groups is 3. The number of ether oxygens (including phenoxy) is 1. The van der Waals surface area contributed by atoms with Crippen molar-refractivity contribution in [3.05, 3.63) is 52.8 Å². The predicted octanol–water partition coefficient (Wildman–Crippen LogP) is 2.23. The zero-order valence-electron chi connectivity index (χ0n) is 15.0. The van der Waals surface area contributed by atoms with Crippen LogP contribution in [0.4, 0.5) is 4.79 Å². The molecule has 0 bridgehead atoms. The first-order valence-corrected chi connectivity index (χ1v) is 8.43. The molecule has 0 unspecified atom stereocenters. The molecule has 0 spiro atoms. The first kappa shape index (κ1) is 20.2. The van der Waals surface area contributed by atoms with Gasteiger partial charge >= 0.3 is 12.0 Å². The molecule has 0 saturated carbocycles. The lowest BCUT2D eigenvalue weighted by atomic mass is 10.2. The number of hydrogen-bond donors (Lipinski definition) is 2. The van der Waals surface area contributed by atoms with E-state index in [9.17, 15) is 14.4 Å². The highest BCUT2D eigenvalue weighted by atomic mass is 35.5. The van der Waals surface area contributed by atoms with Gasteiger partial charge in [0.15, 0.2) is 6.10 Å². The van der Waals surface area contributed by atoms with E-state index in [1.165, 1.54) is 20.0 Å². The molecule has 3 amide bonds. The van der Waals surface area contributed by atoms with Crippen molar-refractivity contribution in [1.29, 1.82) is 0 Å². The summed E-state index contributed by atoms with van der Waals surface area (Å²) in [6.45, 7) is 3.12. The van der Waals surface area contributed by atoms with Crippen LogP contribution in [0.5, 0.6) is 0 Å². The molecule has 0 aliphatic carbocycles. The van der Waals surface area contributed by atoms with Crippen LogP contribution in [-0.2, 0) is 14.3 Å². The van der Waals surface area contributed by atoms with Gasteiger partial charge in [0.2, 0.25) is 0 Å². The molecule has 1 heterocycles. The zero-order chi connectivity index (χ0) is 20.0. The van der Waals surface area contributed by atoms with E-state index >= 15 is 0 Å². The van der Waals surface area contributed by atoms with E-state index < -0.39 is 24.0 Å². The quantitative estimate of drug-likeness (QED) is 0.602. The Kier molecular flexibility index (Phi) is 6.73. The van der Waals surface area contributed by atoms with Gasteiger partial charge in [-0.15, -0.1) is 0 Å². The van der Waals surface area contributed by atoms with Gasteiger partial charge in [0, 0.05) is 18.7 Å². The number of benzene rings is 1. The molecule has 0 fully saturated rings. The Morgan fingerprint density at radius 1 is 1.26 bits per heavy atom. The Morgan fingerprint density at radius 3 is 2.56 bits per heavy atom. The minimum atomic E-state index is -1.14. The van der Waals surface area contributed by atoms with Crippen molar-refractivity contribution in [2.45, 2.75) is 20.0 Å². The fraction of sp³-hybridized carbons (Fsp3) is 0.222. The zero-order valence-corrected chi connectivity index (χ0v) is 15.8. The molecule has 9 heteroatoms. The normalized spacial score (nSPS) is 11.9. The Morgan fingerprint density at radius 2 is 1.93 bits per heavy atom. The van der Waals surface area contributed by atoms with E-state index in [-0.39, 0.29) is 0 Å². The molecule has 0 saturated heterocycles. The third-order valence-corrected chi connectivity index (χ3v) is 3.92. The van der Waals surface area contributed by atoms with Crippen LogP contribution in [-0.4, -0.2) is 40.8 Å². The summed E-state index contributed by atoms with van der Waals surface area (Å²) in [6.07, 6.45) is 1.48. The van der Waals surface area contributed by atoms with E-state index in [2.05, 4.69) is 10.4 Å². The number of aromatic nitrogens is 2. The number of urea groups is 1. The molecule has 1 atom stereocenters. The van der Waals surface area contributed by atoms with E-state index in [0.29, 0.717) is 16.4 Å². The maximum Gasteiger partial charge on any atom is 0.331 e. The van der Waals surface area contributed by atoms with Crippen molar-refractivity contribution in [3.8, 4) is 5.69 Å². The van der Waals surface area contributed by atoms with Gasteiger partial charge in [-0.25, -0.2) is 14.3 Å². The van der Waals surface area contributed by atoms with Gasteiger partial charge in [-0.05, 0) is 32.1 Å². The van der Waals surface area contributed by atoms with Crippen molar-refractivity contribution in [1.82, 2.24) is 20.4 Å². The number of aryl methyl sites for hydroxylation is 1. The van der Waals surface area contributed by atoms with E-state index in [1.807, 2.05) is 35.6 Å². The smallest absolute Gasteiger partial charge is 0.331 e. The van der Waals surface area contributed by atoms with Crippen molar-refractivity contribution < 1.29 is 19.1 Å². The van der Waals surface area contributed by atoms with Crippen LogP contribution in [0.1, 0.15) is 18.2 Å². The summed E-state index contributed by atoms with van der Waals surface area (Å²) in [5.41, 5.74) is 1.96.